The number of nitrogens with zero attached hydrogens (tertiary/aromatic N) is 4. The molecule has 0 aromatic heterocycles. The Morgan fingerprint density at radius 2 is 1.10 bits per heavy atom. The molecule has 174 valence electrons. The minimum absolute atomic E-state index is 0.0359. The summed E-state index contributed by atoms with van der Waals surface area (Å²) in [6.07, 6.45) is 9.73. The highest BCUT2D eigenvalue weighted by molar-refractivity contribution is 5.33. The van der Waals surface area contributed by atoms with Crippen LogP contribution in [0.2, 0.25) is 0 Å². The Hall–Kier alpha value is -2.48. The van der Waals surface area contributed by atoms with Crippen LogP contribution in [0.25, 0.3) is 0 Å². The standard InChI is InChI=1S/C12H20N2O2.C11H18N2O2/c1-11(2,5-6-13-9-15)7-12(3,4)8-14-10-16;1-10(7-13-9-15)6-11(2,3)4-5-12-8-14/h5-8H2,1-4H3;10H,4-7H2,1-3H3. The van der Waals surface area contributed by atoms with E-state index in [1.54, 1.807) is 18.2 Å². The quantitative estimate of drug-likeness (QED) is 0.293. The van der Waals surface area contributed by atoms with Gasteiger partial charge in [-0.1, -0.05) is 48.5 Å². The molecule has 8 nitrogen and oxygen atoms in total. The summed E-state index contributed by atoms with van der Waals surface area (Å²) in [4.78, 5) is 54.2. The lowest BCUT2D eigenvalue weighted by Crippen LogP contribution is -2.26. The summed E-state index contributed by atoms with van der Waals surface area (Å²) in [7, 11) is 0. The zero-order valence-corrected chi connectivity index (χ0v) is 20.2. The molecule has 0 radical (unpaired) electrons. The van der Waals surface area contributed by atoms with Crippen molar-refractivity contribution in [3.8, 4) is 0 Å². The van der Waals surface area contributed by atoms with Gasteiger partial charge in [0.2, 0.25) is 24.3 Å². The van der Waals surface area contributed by atoms with Gasteiger partial charge in [-0.3, -0.25) is 0 Å². The van der Waals surface area contributed by atoms with E-state index >= 15 is 0 Å². The van der Waals surface area contributed by atoms with Crippen LogP contribution in [0.5, 0.6) is 0 Å². The molecule has 0 N–H and O–H groups in total. The van der Waals surface area contributed by atoms with Crippen molar-refractivity contribution in [2.45, 2.75) is 74.1 Å². The van der Waals surface area contributed by atoms with Gasteiger partial charge in [0.25, 0.3) is 0 Å². The molecule has 0 aromatic carbocycles. The molecule has 31 heavy (non-hydrogen) atoms. The maximum Gasteiger partial charge on any atom is 0.234 e. The van der Waals surface area contributed by atoms with Crippen LogP contribution < -0.4 is 0 Å². The summed E-state index contributed by atoms with van der Waals surface area (Å²) in [6.45, 7) is 16.7. The second-order valence-corrected chi connectivity index (χ2v) is 10.3. The second kappa shape index (κ2) is 16.2. The first-order valence-corrected chi connectivity index (χ1v) is 10.5. The fourth-order valence-electron chi connectivity index (χ4n) is 3.80. The van der Waals surface area contributed by atoms with Gasteiger partial charge in [0.1, 0.15) is 0 Å². The van der Waals surface area contributed by atoms with Gasteiger partial charge in [-0.2, -0.15) is 0 Å². The van der Waals surface area contributed by atoms with E-state index in [1.165, 1.54) is 6.08 Å². The van der Waals surface area contributed by atoms with E-state index in [9.17, 15) is 19.2 Å². The molecular formula is C23H38N4O4. The average Bonchev–Trinajstić information content (AvgIpc) is 2.64. The summed E-state index contributed by atoms with van der Waals surface area (Å²) < 4.78 is 0. The normalized spacial score (nSPS) is 12.0. The molecule has 0 fully saturated rings. The molecule has 0 saturated carbocycles. The van der Waals surface area contributed by atoms with Crippen LogP contribution in [-0.2, 0) is 19.2 Å². The monoisotopic (exact) mass is 434 g/mol. The van der Waals surface area contributed by atoms with Crippen molar-refractivity contribution in [2.75, 3.05) is 26.2 Å². The number of aliphatic imine (C=N–C) groups is 4. The summed E-state index contributed by atoms with van der Waals surface area (Å²) >= 11 is 0. The number of isocyanates is 4. The highest BCUT2D eigenvalue weighted by Gasteiger charge is 2.28. The predicted molar refractivity (Wildman–Crippen MR) is 121 cm³/mol. The molecule has 0 aliphatic carbocycles. The fourth-order valence-corrected chi connectivity index (χ4v) is 3.80. The van der Waals surface area contributed by atoms with Crippen LogP contribution in [0.3, 0.4) is 0 Å². The van der Waals surface area contributed by atoms with Crippen molar-refractivity contribution < 1.29 is 19.2 Å². The maximum absolute atomic E-state index is 10.1. The summed E-state index contributed by atoms with van der Waals surface area (Å²) in [6, 6.07) is 0. The molecule has 0 rings (SSSR count). The van der Waals surface area contributed by atoms with Crippen LogP contribution in [0.4, 0.5) is 0 Å². The number of hydrogen-bond acceptors (Lipinski definition) is 8. The molecule has 0 aliphatic heterocycles. The Balaban J connectivity index is 0. The van der Waals surface area contributed by atoms with E-state index in [2.05, 4.69) is 61.5 Å². The van der Waals surface area contributed by atoms with Gasteiger partial charge >= 0.3 is 0 Å². The molecule has 0 saturated heterocycles. The molecule has 1 unspecified atom stereocenters. The second-order valence-electron chi connectivity index (χ2n) is 10.3. The molecule has 0 bridgehead atoms. The molecule has 0 heterocycles. The van der Waals surface area contributed by atoms with Crippen molar-refractivity contribution in [2.24, 2.45) is 42.1 Å². The van der Waals surface area contributed by atoms with Gasteiger partial charge in [0, 0.05) is 0 Å². The van der Waals surface area contributed by atoms with Gasteiger partial charge in [0.05, 0.1) is 26.2 Å². The first-order chi connectivity index (χ1) is 14.3. The molecule has 0 aliphatic rings. The largest absolute Gasteiger partial charge is 0.234 e. The Morgan fingerprint density at radius 1 is 0.645 bits per heavy atom. The van der Waals surface area contributed by atoms with E-state index in [1.807, 2.05) is 6.92 Å². The van der Waals surface area contributed by atoms with Gasteiger partial charge in [-0.05, 0) is 47.8 Å². The van der Waals surface area contributed by atoms with E-state index in [-0.39, 0.29) is 16.2 Å². The molecule has 0 spiro atoms. The van der Waals surface area contributed by atoms with E-state index in [0.29, 0.717) is 32.1 Å². The Labute approximate surface area is 186 Å². The summed E-state index contributed by atoms with van der Waals surface area (Å²) in [5, 5.41) is 0. The van der Waals surface area contributed by atoms with Crippen LogP contribution >= 0.6 is 0 Å². The lowest BCUT2D eigenvalue weighted by Gasteiger charge is -2.33. The van der Waals surface area contributed by atoms with Crippen LogP contribution in [0, 0.1) is 22.2 Å². The minimum atomic E-state index is -0.0359. The first-order valence-electron chi connectivity index (χ1n) is 10.5. The third-order valence-electron chi connectivity index (χ3n) is 4.83. The van der Waals surface area contributed by atoms with Crippen molar-refractivity contribution >= 4 is 24.3 Å². The van der Waals surface area contributed by atoms with Crippen LogP contribution in [0.15, 0.2) is 20.0 Å². The number of hydrogen-bond donors (Lipinski definition) is 0. The first kappa shape index (κ1) is 30.7. The third kappa shape index (κ3) is 20.6. The van der Waals surface area contributed by atoms with Gasteiger partial charge < -0.3 is 0 Å². The molecule has 0 amide bonds. The van der Waals surface area contributed by atoms with Crippen molar-refractivity contribution in [1.29, 1.82) is 0 Å². The average molecular weight is 435 g/mol. The highest BCUT2D eigenvalue weighted by atomic mass is 16.1. The summed E-state index contributed by atoms with van der Waals surface area (Å²) in [5.74, 6) is 0.349. The fraction of sp³-hybridized carbons (Fsp3) is 0.826. The lowest BCUT2D eigenvalue weighted by atomic mass is 9.73. The zero-order chi connectivity index (χ0) is 24.4. The van der Waals surface area contributed by atoms with Gasteiger partial charge in [0.15, 0.2) is 0 Å². The Morgan fingerprint density at radius 3 is 1.55 bits per heavy atom. The topological polar surface area (TPSA) is 118 Å². The smallest absolute Gasteiger partial charge is 0.211 e. The van der Waals surface area contributed by atoms with E-state index < -0.39 is 0 Å². The van der Waals surface area contributed by atoms with Crippen LogP contribution in [-0.4, -0.2) is 50.5 Å². The SMILES string of the molecule is CC(C)(CCN=C=O)CC(C)(C)CN=C=O.CC(CN=C=O)CC(C)(C)CCN=C=O. The maximum atomic E-state index is 10.1. The number of carbonyl (C=O) groups excluding carboxylic acids is 4. The van der Waals surface area contributed by atoms with E-state index in [0.717, 1.165) is 25.7 Å². The van der Waals surface area contributed by atoms with Crippen LogP contribution in [0.1, 0.15) is 74.1 Å². The van der Waals surface area contributed by atoms with E-state index in [4.69, 9.17) is 0 Å². The molecule has 0 aromatic rings. The molecule has 1 atom stereocenters. The Bertz CT molecular complexity index is 705. The van der Waals surface area contributed by atoms with Crippen molar-refractivity contribution in [1.82, 2.24) is 0 Å². The van der Waals surface area contributed by atoms with Crippen molar-refractivity contribution in [3.63, 3.8) is 0 Å². The van der Waals surface area contributed by atoms with Crippen molar-refractivity contribution in [3.05, 3.63) is 0 Å². The minimum Gasteiger partial charge on any atom is -0.211 e. The molecule has 8 heteroatoms. The zero-order valence-electron chi connectivity index (χ0n) is 20.2. The lowest BCUT2D eigenvalue weighted by molar-refractivity contribution is 0.192. The predicted octanol–water partition coefficient (Wildman–Crippen LogP) is 4.59. The van der Waals surface area contributed by atoms with Gasteiger partial charge in [-0.25, -0.2) is 39.1 Å². The van der Waals surface area contributed by atoms with Gasteiger partial charge in [-0.15, -0.1) is 0 Å². The third-order valence-corrected chi connectivity index (χ3v) is 4.83. The summed E-state index contributed by atoms with van der Waals surface area (Å²) in [5.41, 5.74) is 0.145. The highest BCUT2D eigenvalue weighted by Crippen LogP contribution is 2.36. The molecular weight excluding hydrogens is 396 g/mol. The Kier molecular flexibility index (Phi) is 16.1. The number of rotatable bonds is 14.